The zero-order chi connectivity index (χ0) is 14.6. The number of halogens is 2. The van der Waals surface area contributed by atoms with E-state index in [4.69, 9.17) is 15.6 Å². The van der Waals surface area contributed by atoms with Crippen molar-refractivity contribution < 1.29 is 19.6 Å². The Morgan fingerprint density at radius 1 is 1.47 bits per heavy atom. The van der Waals surface area contributed by atoms with E-state index in [2.05, 4.69) is 31.9 Å². The van der Waals surface area contributed by atoms with Gasteiger partial charge in [-0.3, -0.25) is 14.9 Å². The van der Waals surface area contributed by atoms with E-state index in [1.165, 1.54) is 12.1 Å². The number of benzene rings is 1. The van der Waals surface area contributed by atoms with E-state index in [0.717, 1.165) is 0 Å². The van der Waals surface area contributed by atoms with Gasteiger partial charge in [-0.1, -0.05) is 0 Å². The van der Waals surface area contributed by atoms with Gasteiger partial charge in [0.05, 0.1) is 20.5 Å². The second-order valence-electron chi connectivity index (χ2n) is 3.58. The molecule has 1 atom stereocenters. The van der Waals surface area contributed by atoms with Crippen molar-refractivity contribution in [2.45, 2.75) is 12.5 Å². The summed E-state index contributed by atoms with van der Waals surface area (Å²) >= 11 is 6.31. The third kappa shape index (κ3) is 4.44. The number of nitrogens with two attached hydrogens (primary N) is 1. The molecule has 0 heterocycles. The van der Waals surface area contributed by atoms with E-state index < -0.39 is 16.9 Å². The Labute approximate surface area is 125 Å². The number of hydrogen-bond donors (Lipinski definition) is 2. The summed E-state index contributed by atoms with van der Waals surface area (Å²) in [5.74, 6) is -0.742. The number of carboxylic acid groups (broad SMARTS) is 1. The molecule has 1 aromatic rings. The minimum absolute atomic E-state index is 0.0858. The Bertz CT molecular complexity index is 486. The Morgan fingerprint density at radius 2 is 2.00 bits per heavy atom. The molecule has 1 unspecified atom stereocenters. The van der Waals surface area contributed by atoms with Crippen LogP contribution < -0.4 is 10.5 Å². The molecule has 0 radical (unpaired) electrons. The highest BCUT2D eigenvalue weighted by atomic mass is 79.9. The number of non-ortho nitro benzene ring substituents is 1. The average molecular weight is 398 g/mol. The molecular formula is C10H10Br2N2O5. The van der Waals surface area contributed by atoms with Crippen LogP contribution in [0.15, 0.2) is 21.1 Å². The maximum absolute atomic E-state index is 10.6. The van der Waals surface area contributed by atoms with Crippen molar-refractivity contribution in [3.8, 4) is 5.75 Å². The maximum atomic E-state index is 10.6. The number of carbonyl (C=O) groups is 1. The molecule has 0 saturated heterocycles. The lowest BCUT2D eigenvalue weighted by Gasteiger charge is -2.11. The van der Waals surface area contributed by atoms with E-state index in [0.29, 0.717) is 14.7 Å². The predicted octanol–water partition coefficient (Wildman–Crippen LogP) is 2.30. The lowest BCUT2D eigenvalue weighted by Crippen LogP contribution is -2.31. The summed E-state index contributed by atoms with van der Waals surface area (Å²) in [6.07, 6.45) is 0.130. The van der Waals surface area contributed by atoms with Crippen molar-refractivity contribution in [2.75, 3.05) is 6.61 Å². The Kier molecular flexibility index (Phi) is 5.70. The first-order valence-electron chi connectivity index (χ1n) is 5.07. The average Bonchev–Trinajstić information content (AvgIpc) is 2.31. The van der Waals surface area contributed by atoms with E-state index in [9.17, 15) is 14.9 Å². The first-order chi connectivity index (χ1) is 8.82. The lowest BCUT2D eigenvalue weighted by atomic mass is 10.2. The fourth-order valence-corrected chi connectivity index (χ4v) is 2.59. The molecular weight excluding hydrogens is 388 g/mol. The molecule has 1 aromatic carbocycles. The van der Waals surface area contributed by atoms with Gasteiger partial charge in [0.1, 0.15) is 11.8 Å². The van der Waals surface area contributed by atoms with Crippen LogP contribution in [0.2, 0.25) is 0 Å². The van der Waals surface area contributed by atoms with Crippen LogP contribution in [0.4, 0.5) is 5.69 Å². The molecule has 0 aliphatic rings. The molecule has 0 aromatic heterocycles. The normalized spacial score (nSPS) is 11.9. The van der Waals surface area contributed by atoms with Gasteiger partial charge >= 0.3 is 5.97 Å². The topological polar surface area (TPSA) is 116 Å². The molecule has 0 bridgehead atoms. The van der Waals surface area contributed by atoms with Crippen LogP contribution >= 0.6 is 31.9 Å². The molecule has 104 valence electrons. The molecule has 0 amide bonds. The molecule has 0 aliphatic heterocycles. The highest BCUT2D eigenvalue weighted by molar-refractivity contribution is 9.11. The number of aliphatic carboxylic acids is 1. The summed E-state index contributed by atoms with van der Waals surface area (Å²) in [7, 11) is 0. The second kappa shape index (κ2) is 6.83. The number of nitro benzene ring substituents is 1. The summed E-state index contributed by atoms with van der Waals surface area (Å²) < 4.78 is 6.16. The molecule has 19 heavy (non-hydrogen) atoms. The minimum atomic E-state index is -1.11. The molecule has 0 spiro atoms. The smallest absolute Gasteiger partial charge is 0.320 e. The molecule has 7 nitrogen and oxygen atoms in total. The Balaban J connectivity index is 2.74. The number of ether oxygens (including phenoxy) is 1. The molecule has 1 rings (SSSR count). The van der Waals surface area contributed by atoms with Crippen molar-refractivity contribution in [1.82, 2.24) is 0 Å². The molecule has 9 heteroatoms. The second-order valence-corrected chi connectivity index (χ2v) is 5.29. The van der Waals surface area contributed by atoms with Crippen molar-refractivity contribution >= 4 is 43.5 Å². The summed E-state index contributed by atoms with van der Waals surface area (Å²) in [6.45, 7) is 0.0858. The van der Waals surface area contributed by atoms with Gasteiger partial charge in [0, 0.05) is 18.6 Å². The van der Waals surface area contributed by atoms with E-state index in [1.54, 1.807) is 0 Å². The number of rotatable bonds is 6. The molecule has 0 aliphatic carbocycles. The largest absolute Gasteiger partial charge is 0.491 e. The zero-order valence-corrected chi connectivity index (χ0v) is 12.7. The number of carboxylic acids is 1. The SMILES string of the molecule is NC(CCOc1c(Br)cc([N+](=O)[O-])cc1Br)C(=O)O. The van der Waals surface area contributed by atoms with Gasteiger partial charge in [-0.15, -0.1) is 0 Å². The third-order valence-electron chi connectivity index (χ3n) is 2.19. The van der Waals surface area contributed by atoms with Crippen molar-refractivity contribution in [2.24, 2.45) is 5.73 Å². The van der Waals surface area contributed by atoms with Gasteiger partial charge in [0.2, 0.25) is 0 Å². The predicted molar refractivity (Wildman–Crippen MR) is 74.2 cm³/mol. The fourth-order valence-electron chi connectivity index (χ4n) is 1.20. The van der Waals surface area contributed by atoms with Crippen LogP contribution in [0.5, 0.6) is 5.75 Å². The monoisotopic (exact) mass is 396 g/mol. The quantitative estimate of drug-likeness (QED) is 0.562. The first-order valence-corrected chi connectivity index (χ1v) is 6.66. The Morgan fingerprint density at radius 3 is 2.42 bits per heavy atom. The minimum Gasteiger partial charge on any atom is -0.491 e. The number of hydrogen-bond acceptors (Lipinski definition) is 5. The van der Waals surface area contributed by atoms with E-state index >= 15 is 0 Å². The molecule has 0 saturated carbocycles. The standard InChI is InChI=1S/C10H10Br2N2O5/c11-6-3-5(14(17)18)4-7(12)9(6)19-2-1-8(13)10(15)16/h3-4,8H,1-2,13H2,(H,15,16). The van der Waals surface area contributed by atoms with Gasteiger partial charge in [0.15, 0.2) is 0 Å². The highest BCUT2D eigenvalue weighted by Crippen LogP contribution is 2.37. The fraction of sp³-hybridized carbons (Fsp3) is 0.300. The zero-order valence-electron chi connectivity index (χ0n) is 9.51. The summed E-state index contributed by atoms with van der Waals surface area (Å²) in [4.78, 5) is 20.6. The van der Waals surface area contributed by atoms with Crippen LogP contribution in [-0.4, -0.2) is 28.6 Å². The van der Waals surface area contributed by atoms with Crippen molar-refractivity contribution in [3.05, 3.63) is 31.2 Å². The lowest BCUT2D eigenvalue weighted by molar-refractivity contribution is -0.385. The molecule has 0 fully saturated rings. The Hall–Kier alpha value is -1.19. The summed E-state index contributed by atoms with van der Waals surface area (Å²) in [6, 6.07) is 1.60. The number of nitrogens with zero attached hydrogens (tertiary/aromatic N) is 1. The third-order valence-corrected chi connectivity index (χ3v) is 3.36. The maximum Gasteiger partial charge on any atom is 0.320 e. The van der Waals surface area contributed by atoms with Crippen LogP contribution in [0.1, 0.15) is 6.42 Å². The van der Waals surface area contributed by atoms with Crippen LogP contribution in [-0.2, 0) is 4.79 Å². The first kappa shape index (κ1) is 15.9. The van der Waals surface area contributed by atoms with Gasteiger partial charge in [-0.25, -0.2) is 0 Å². The summed E-state index contributed by atoms with van der Waals surface area (Å²) in [5, 5.41) is 19.2. The van der Waals surface area contributed by atoms with Crippen molar-refractivity contribution in [1.29, 1.82) is 0 Å². The van der Waals surface area contributed by atoms with Gasteiger partial charge in [0.25, 0.3) is 5.69 Å². The van der Waals surface area contributed by atoms with Crippen molar-refractivity contribution in [3.63, 3.8) is 0 Å². The van der Waals surface area contributed by atoms with Gasteiger partial charge in [-0.2, -0.15) is 0 Å². The molecule has 3 N–H and O–H groups in total. The van der Waals surface area contributed by atoms with Crippen LogP contribution in [0.3, 0.4) is 0 Å². The van der Waals surface area contributed by atoms with E-state index in [-0.39, 0.29) is 18.7 Å². The van der Waals surface area contributed by atoms with Crippen LogP contribution in [0, 0.1) is 10.1 Å². The van der Waals surface area contributed by atoms with E-state index in [1.807, 2.05) is 0 Å². The van der Waals surface area contributed by atoms with Gasteiger partial charge in [-0.05, 0) is 31.9 Å². The van der Waals surface area contributed by atoms with Crippen LogP contribution in [0.25, 0.3) is 0 Å². The highest BCUT2D eigenvalue weighted by Gasteiger charge is 2.16. The summed E-state index contributed by atoms with van der Waals surface area (Å²) in [5.41, 5.74) is 5.24. The number of nitro groups is 1. The van der Waals surface area contributed by atoms with Gasteiger partial charge < -0.3 is 15.6 Å².